The largest absolute Gasteiger partial charge is 0.459 e. The second-order valence-corrected chi connectivity index (χ2v) is 13.0. The van der Waals surface area contributed by atoms with E-state index in [1.54, 1.807) is 0 Å². The van der Waals surface area contributed by atoms with E-state index in [-0.39, 0.29) is 53.8 Å². The van der Waals surface area contributed by atoms with E-state index in [0.29, 0.717) is 31.1 Å². The van der Waals surface area contributed by atoms with Gasteiger partial charge in [-0.05, 0) is 50.9 Å². The number of hydrogen-bond donors (Lipinski definition) is 2. The molecule has 8 heteroatoms. The van der Waals surface area contributed by atoms with Crippen molar-refractivity contribution in [2.75, 3.05) is 0 Å². The zero-order valence-electron chi connectivity index (χ0n) is 22.0. The van der Waals surface area contributed by atoms with Crippen molar-refractivity contribution in [3.8, 4) is 0 Å². The number of carbonyl (C=O) groups excluding carboxylic acids is 3. The average Bonchev–Trinajstić information content (AvgIpc) is 3.40. The molecule has 8 nitrogen and oxygen atoms in total. The van der Waals surface area contributed by atoms with Crippen LogP contribution in [0.1, 0.15) is 91.9 Å². The Morgan fingerprint density at radius 3 is 2.17 bits per heavy atom. The van der Waals surface area contributed by atoms with Crippen LogP contribution in [0.3, 0.4) is 0 Å². The molecule has 0 aromatic heterocycles. The van der Waals surface area contributed by atoms with E-state index in [9.17, 15) is 24.6 Å². The van der Waals surface area contributed by atoms with Crippen molar-refractivity contribution in [2.45, 2.75) is 121 Å². The number of esters is 3. The molecule has 6 saturated carbocycles. The molecule has 7 rings (SSSR count). The third-order valence-corrected chi connectivity index (χ3v) is 9.97. The summed E-state index contributed by atoms with van der Waals surface area (Å²) in [6.07, 6.45) is 6.79. The topological polar surface area (TPSA) is 119 Å². The highest BCUT2D eigenvalue weighted by atomic mass is 16.6. The molecule has 0 aromatic carbocycles. The van der Waals surface area contributed by atoms with Crippen molar-refractivity contribution in [2.24, 2.45) is 35.5 Å². The van der Waals surface area contributed by atoms with Gasteiger partial charge in [-0.2, -0.15) is 0 Å². The SMILES string of the molecule is CCC(C)C(=O)OC12CC3CC(O)(CC(O)(C3)C1)C2.CCC(C)C(=O)OC1C2CC3C(=O)OC1C3C2. The zero-order chi connectivity index (χ0) is 26.0. The highest BCUT2D eigenvalue weighted by Crippen LogP contribution is 2.60. The summed E-state index contributed by atoms with van der Waals surface area (Å²) in [4.78, 5) is 35.4. The van der Waals surface area contributed by atoms with Gasteiger partial charge < -0.3 is 24.4 Å². The molecule has 202 valence electrons. The number of hydrogen-bond acceptors (Lipinski definition) is 8. The van der Waals surface area contributed by atoms with Crippen LogP contribution in [-0.4, -0.2) is 57.1 Å². The van der Waals surface area contributed by atoms with Gasteiger partial charge in [-0.1, -0.05) is 27.7 Å². The van der Waals surface area contributed by atoms with E-state index in [1.165, 1.54) is 0 Å². The highest BCUT2D eigenvalue weighted by molar-refractivity contribution is 5.77. The van der Waals surface area contributed by atoms with Crippen LogP contribution in [0.2, 0.25) is 0 Å². The Balaban J connectivity index is 0.000000149. The van der Waals surface area contributed by atoms with Gasteiger partial charge in [0, 0.05) is 31.1 Å². The van der Waals surface area contributed by atoms with Crippen LogP contribution in [0.25, 0.3) is 0 Å². The maximum absolute atomic E-state index is 12.1. The van der Waals surface area contributed by atoms with Gasteiger partial charge >= 0.3 is 17.9 Å². The van der Waals surface area contributed by atoms with Gasteiger partial charge in [0.25, 0.3) is 0 Å². The number of rotatable bonds is 6. The fourth-order valence-corrected chi connectivity index (χ4v) is 8.33. The molecule has 0 aromatic rings. The lowest BCUT2D eigenvalue weighted by molar-refractivity contribution is -0.262. The quantitative estimate of drug-likeness (QED) is 0.416. The predicted molar refractivity (Wildman–Crippen MR) is 128 cm³/mol. The third kappa shape index (κ3) is 4.46. The van der Waals surface area contributed by atoms with Crippen LogP contribution >= 0.6 is 0 Å². The first kappa shape index (κ1) is 26.0. The first-order valence-electron chi connectivity index (χ1n) is 14.0. The Labute approximate surface area is 213 Å². The van der Waals surface area contributed by atoms with Gasteiger partial charge in [0.05, 0.1) is 29.0 Å². The maximum atomic E-state index is 12.1. The van der Waals surface area contributed by atoms with Crippen molar-refractivity contribution in [1.29, 1.82) is 0 Å². The first-order valence-corrected chi connectivity index (χ1v) is 14.0. The fourth-order valence-electron chi connectivity index (χ4n) is 8.33. The summed E-state index contributed by atoms with van der Waals surface area (Å²) in [6, 6.07) is 0. The predicted octanol–water partition coefficient (Wildman–Crippen LogP) is 3.30. The van der Waals surface area contributed by atoms with Crippen LogP contribution < -0.4 is 0 Å². The summed E-state index contributed by atoms with van der Waals surface area (Å²) in [5, 5.41) is 21.2. The monoisotopic (exact) mass is 506 g/mol. The molecule has 7 aliphatic rings. The van der Waals surface area contributed by atoms with Gasteiger partial charge in [-0.3, -0.25) is 14.4 Å². The second kappa shape index (κ2) is 8.97. The number of aliphatic hydroxyl groups is 2. The molecule has 1 heterocycles. The normalized spacial score (nSPS) is 46.6. The molecule has 6 bridgehead atoms. The van der Waals surface area contributed by atoms with Crippen LogP contribution in [0.5, 0.6) is 0 Å². The molecule has 2 N–H and O–H groups in total. The summed E-state index contributed by atoms with van der Waals surface area (Å²) in [5.74, 6) is 0.432. The molecule has 0 amide bonds. The molecule has 9 atom stereocenters. The van der Waals surface area contributed by atoms with Gasteiger partial charge in [0.2, 0.25) is 0 Å². The second-order valence-electron chi connectivity index (χ2n) is 13.0. The minimum atomic E-state index is -0.829. The third-order valence-electron chi connectivity index (χ3n) is 9.97. The standard InChI is InChI=1S/C15H24O4.C13H18O4/c1-3-10(2)12(16)19-15-6-11-4-13(17,8-15)7-14(18,5-11)9-15;1-3-6(2)12(14)16-10-7-4-8-9(5-7)13(15)17-11(8)10/h10-11,17-18H,3-9H2,1-2H3;6-11H,3-5H2,1-2H3. The van der Waals surface area contributed by atoms with Gasteiger partial charge in [0.15, 0.2) is 0 Å². The Morgan fingerprint density at radius 2 is 1.58 bits per heavy atom. The minimum absolute atomic E-state index is 0.0676. The van der Waals surface area contributed by atoms with Gasteiger partial charge in [-0.25, -0.2) is 0 Å². The lowest BCUT2D eigenvalue weighted by atomic mass is 9.50. The summed E-state index contributed by atoms with van der Waals surface area (Å²) >= 11 is 0. The molecule has 6 aliphatic carbocycles. The molecule has 36 heavy (non-hydrogen) atoms. The Morgan fingerprint density at radius 1 is 0.972 bits per heavy atom. The molecule has 0 radical (unpaired) electrons. The number of fused-ring (bicyclic) bond motifs is 1. The van der Waals surface area contributed by atoms with Crippen molar-refractivity contribution < 1.29 is 38.8 Å². The summed E-state index contributed by atoms with van der Waals surface area (Å²) in [7, 11) is 0. The molecule has 0 spiro atoms. The van der Waals surface area contributed by atoms with Crippen LogP contribution in [0, 0.1) is 35.5 Å². The van der Waals surface area contributed by atoms with Crippen LogP contribution in [-0.2, 0) is 28.6 Å². The molecular weight excluding hydrogens is 464 g/mol. The van der Waals surface area contributed by atoms with E-state index < -0.39 is 16.8 Å². The highest BCUT2D eigenvalue weighted by Gasteiger charge is 2.65. The summed E-state index contributed by atoms with van der Waals surface area (Å²) in [6.45, 7) is 7.68. The van der Waals surface area contributed by atoms with E-state index >= 15 is 0 Å². The lowest BCUT2D eigenvalue weighted by Crippen LogP contribution is -2.67. The lowest BCUT2D eigenvalue weighted by Gasteiger charge is -2.62. The Kier molecular flexibility index (Phi) is 6.47. The van der Waals surface area contributed by atoms with Crippen LogP contribution in [0.15, 0.2) is 0 Å². The van der Waals surface area contributed by atoms with Crippen LogP contribution in [0.4, 0.5) is 0 Å². The molecule has 1 aliphatic heterocycles. The average molecular weight is 507 g/mol. The van der Waals surface area contributed by atoms with E-state index in [0.717, 1.165) is 44.9 Å². The molecule has 9 unspecified atom stereocenters. The Hall–Kier alpha value is -1.67. The van der Waals surface area contributed by atoms with E-state index in [2.05, 4.69) is 0 Å². The first-order chi connectivity index (χ1) is 16.9. The van der Waals surface area contributed by atoms with Crippen molar-refractivity contribution in [1.82, 2.24) is 0 Å². The van der Waals surface area contributed by atoms with E-state index in [1.807, 2.05) is 27.7 Å². The summed E-state index contributed by atoms with van der Waals surface area (Å²) in [5.41, 5.74) is -2.28. The molecule has 7 fully saturated rings. The Bertz CT molecular complexity index is 897. The number of ether oxygens (including phenoxy) is 3. The fraction of sp³-hybridized carbons (Fsp3) is 0.893. The van der Waals surface area contributed by atoms with Gasteiger partial charge in [0.1, 0.15) is 17.8 Å². The molecule has 1 saturated heterocycles. The number of carbonyl (C=O) groups is 3. The smallest absolute Gasteiger partial charge is 0.309 e. The van der Waals surface area contributed by atoms with Crippen molar-refractivity contribution in [3.63, 3.8) is 0 Å². The van der Waals surface area contributed by atoms with Crippen molar-refractivity contribution >= 4 is 17.9 Å². The van der Waals surface area contributed by atoms with Crippen molar-refractivity contribution in [3.05, 3.63) is 0 Å². The molecular formula is C28H42O8. The summed E-state index contributed by atoms with van der Waals surface area (Å²) < 4.78 is 16.7. The zero-order valence-corrected chi connectivity index (χ0v) is 22.0. The minimum Gasteiger partial charge on any atom is -0.459 e. The van der Waals surface area contributed by atoms with Gasteiger partial charge in [-0.15, -0.1) is 0 Å². The van der Waals surface area contributed by atoms with E-state index in [4.69, 9.17) is 14.2 Å². The maximum Gasteiger partial charge on any atom is 0.309 e.